The lowest BCUT2D eigenvalue weighted by atomic mass is 10.2. The number of nitrogens with one attached hydrogen (secondary N) is 2. The highest BCUT2D eigenvalue weighted by Gasteiger charge is 2.08. The molecule has 4 nitrogen and oxygen atoms in total. The number of rotatable bonds is 6. The molecule has 0 saturated heterocycles. The maximum Gasteiger partial charge on any atom is 0.253 e. The molecule has 2 aromatic rings. The first-order valence-corrected chi connectivity index (χ1v) is 8.08. The molecule has 20 heavy (non-hydrogen) atoms. The van der Waals surface area contributed by atoms with Crippen molar-refractivity contribution in [2.75, 3.05) is 11.9 Å². The van der Waals surface area contributed by atoms with Gasteiger partial charge in [0.05, 0.1) is 12.1 Å². The zero-order valence-corrected chi connectivity index (χ0v) is 13.6. The van der Waals surface area contributed by atoms with Gasteiger partial charge in [0.15, 0.2) is 0 Å². The Hall–Kier alpha value is -1.40. The van der Waals surface area contributed by atoms with Gasteiger partial charge in [-0.05, 0) is 45.9 Å². The van der Waals surface area contributed by atoms with Gasteiger partial charge in [-0.3, -0.25) is 4.79 Å². The molecule has 2 rings (SSSR count). The SMILES string of the molecule is CCCNc1ccc(C(=O)NCc2sccc2Br)cn1. The maximum atomic E-state index is 12.0. The van der Waals surface area contributed by atoms with Gasteiger partial charge >= 0.3 is 0 Å². The standard InChI is InChI=1S/C14H16BrN3OS/c1-2-6-16-13-4-3-10(8-17-13)14(19)18-9-12-11(15)5-7-20-12/h3-5,7-8H,2,6,9H2,1H3,(H,16,17)(H,18,19). The summed E-state index contributed by atoms with van der Waals surface area (Å²) in [6.07, 6.45) is 2.64. The van der Waals surface area contributed by atoms with Crippen LogP contribution in [0.2, 0.25) is 0 Å². The van der Waals surface area contributed by atoms with Crippen LogP contribution in [0.15, 0.2) is 34.2 Å². The van der Waals surface area contributed by atoms with Crippen LogP contribution in [-0.4, -0.2) is 17.4 Å². The Balaban J connectivity index is 1.90. The molecule has 0 aliphatic rings. The average molecular weight is 354 g/mol. The molecule has 0 saturated carbocycles. The predicted octanol–water partition coefficient (Wildman–Crippen LogP) is 3.66. The summed E-state index contributed by atoms with van der Waals surface area (Å²) in [7, 11) is 0. The molecule has 0 aliphatic carbocycles. The van der Waals surface area contributed by atoms with Crippen molar-refractivity contribution in [3.05, 3.63) is 44.7 Å². The minimum absolute atomic E-state index is 0.111. The third kappa shape index (κ3) is 4.05. The number of carbonyl (C=O) groups excluding carboxylic acids is 1. The Morgan fingerprint density at radius 3 is 2.85 bits per heavy atom. The van der Waals surface area contributed by atoms with Gasteiger partial charge in [0.25, 0.3) is 5.91 Å². The fraction of sp³-hybridized carbons (Fsp3) is 0.286. The lowest BCUT2D eigenvalue weighted by molar-refractivity contribution is 0.0951. The van der Waals surface area contributed by atoms with Gasteiger partial charge in [-0.1, -0.05) is 6.92 Å². The first-order chi connectivity index (χ1) is 9.70. The molecular weight excluding hydrogens is 338 g/mol. The summed E-state index contributed by atoms with van der Waals surface area (Å²) < 4.78 is 1.03. The van der Waals surface area contributed by atoms with Gasteiger partial charge in [-0.15, -0.1) is 11.3 Å². The quantitative estimate of drug-likeness (QED) is 0.833. The smallest absolute Gasteiger partial charge is 0.253 e. The summed E-state index contributed by atoms with van der Waals surface area (Å²) in [5.41, 5.74) is 0.569. The highest BCUT2D eigenvalue weighted by Crippen LogP contribution is 2.22. The zero-order chi connectivity index (χ0) is 14.4. The normalized spacial score (nSPS) is 10.3. The van der Waals surface area contributed by atoms with Crippen LogP contribution < -0.4 is 10.6 Å². The molecule has 0 aromatic carbocycles. The molecular formula is C14H16BrN3OS. The summed E-state index contributed by atoms with van der Waals surface area (Å²) in [4.78, 5) is 17.3. The van der Waals surface area contributed by atoms with Crippen molar-refractivity contribution in [1.82, 2.24) is 10.3 Å². The third-order valence-electron chi connectivity index (χ3n) is 2.68. The van der Waals surface area contributed by atoms with Gasteiger partial charge < -0.3 is 10.6 Å². The number of halogens is 1. The molecule has 0 aliphatic heterocycles. The predicted molar refractivity (Wildman–Crippen MR) is 86.2 cm³/mol. The number of thiophene rings is 1. The highest BCUT2D eigenvalue weighted by atomic mass is 79.9. The van der Waals surface area contributed by atoms with Crippen molar-refractivity contribution in [2.45, 2.75) is 19.9 Å². The molecule has 1 amide bonds. The molecule has 0 unspecified atom stereocenters. The Morgan fingerprint density at radius 1 is 1.40 bits per heavy atom. The molecule has 6 heteroatoms. The van der Waals surface area contributed by atoms with E-state index in [1.807, 2.05) is 17.5 Å². The van der Waals surface area contributed by atoms with Gasteiger partial charge in [-0.2, -0.15) is 0 Å². The van der Waals surface area contributed by atoms with E-state index in [2.05, 4.69) is 38.5 Å². The van der Waals surface area contributed by atoms with Crippen LogP contribution in [-0.2, 0) is 6.54 Å². The maximum absolute atomic E-state index is 12.0. The van der Waals surface area contributed by atoms with E-state index >= 15 is 0 Å². The van der Waals surface area contributed by atoms with Crippen LogP contribution in [0.1, 0.15) is 28.6 Å². The van der Waals surface area contributed by atoms with E-state index in [9.17, 15) is 4.79 Å². The fourth-order valence-corrected chi connectivity index (χ4v) is 3.03. The second-order valence-corrected chi connectivity index (χ2v) is 6.09. The van der Waals surface area contributed by atoms with Crippen molar-refractivity contribution in [1.29, 1.82) is 0 Å². The lowest BCUT2D eigenvalue weighted by Gasteiger charge is -2.06. The number of nitrogens with zero attached hydrogens (tertiary/aromatic N) is 1. The van der Waals surface area contributed by atoms with Crippen LogP contribution >= 0.6 is 27.3 Å². The van der Waals surface area contributed by atoms with Crippen molar-refractivity contribution < 1.29 is 4.79 Å². The highest BCUT2D eigenvalue weighted by molar-refractivity contribution is 9.10. The summed E-state index contributed by atoms with van der Waals surface area (Å²) in [5.74, 6) is 0.684. The van der Waals surface area contributed by atoms with E-state index < -0.39 is 0 Å². The Kier molecular flexibility index (Phi) is 5.55. The molecule has 0 fully saturated rings. The molecule has 0 spiro atoms. The van der Waals surface area contributed by atoms with E-state index in [1.165, 1.54) is 0 Å². The number of pyridine rings is 1. The molecule has 2 heterocycles. The Morgan fingerprint density at radius 2 is 2.25 bits per heavy atom. The topological polar surface area (TPSA) is 54.0 Å². The van der Waals surface area contributed by atoms with Crippen LogP contribution in [0.4, 0.5) is 5.82 Å². The second kappa shape index (κ2) is 7.40. The van der Waals surface area contributed by atoms with E-state index in [0.717, 1.165) is 28.1 Å². The van der Waals surface area contributed by atoms with Gasteiger partial charge in [0, 0.05) is 22.1 Å². The summed E-state index contributed by atoms with van der Waals surface area (Å²) >= 11 is 5.06. The summed E-state index contributed by atoms with van der Waals surface area (Å²) in [6, 6.07) is 5.58. The second-order valence-electron chi connectivity index (χ2n) is 4.23. The monoisotopic (exact) mass is 353 g/mol. The molecule has 2 aromatic heterocycles. The first-order valence-electron chi connectivity index (χ1n) is 6.40. The Bertz CT molecular complexity index is 568. The van der Waals surface area contributed by atoms with Gasteiger partial charge in [0.2, 0.25) is 0 Å². The van der Waals surface area contributed by atoms with Crippen molar-refractivity contribution in [3.63, 3.8) is 0 Å². The molecule has 2 N–H and O–H groups in total. The first kappa shape index (κ1) is 15.0. The van der Waals surface area contributed by atoms with E-state index in [-0.39, 0.29) is 5.91 Å². The largest absolute Gasteiger partial charge is 0.370 e. The van der Waals surface area contributed by atoms with E-state index in [4.69, 9.17) is 0 Å². The number of aromatic nitrogens is 1. The van der Waals surface area contributed by atoms with E-state index in [1.54, 1.807) is 23.6 Å². The van der Waals surface area contributed by atoms with Gasteiger partial charge in [-0.25, -0.2) is 4.98 Å². The number of carbonyl (C=O) groups is 1. The fourth-order valence-electron chi connectivity index (χ4n) is 1.60. The number of anilines is 1. The molecule has 0 bridgehead atoms. The molecule has 0 radical (unpaired) electrons. The van der Waals surface area contributed by atoms with Crippen LogP contribution in [0, 0.1) is 0 Å². The van der Waals surface area contributed by atoms with Crippen molar-refractivity contribution in [2.24, 2.45) is 0 Å². The number of amides is 1. The summed E-state index contributed by atoms with van der Waals surface area (Å²) in [6.45, 7) is 3.50. The number of hydrogen-bond donors (Lipinski definition) is 2. The minimum Gasteiger partial charge on any atom is -0.370 e. The van der Waals surface area contributed by atoms with Crippen LogP contribution in [0.25, 0.3) is 0 Å². The number of hydrogen-bond acceptors (Lipinski definition) is 4. The lowest BCUT2D eigenvalue weighted by Crippen LogP contribution is -2.22. The average Bonchev–Trinajstić information content (AvgIpc) is 2.88. The third-order valence-corrected chi connectivity index (χ3v) is 4.61. The van der Waals surface area contributed by atoms with Crippen molar-refractivity contribution >= 4 is 39.0 Å². The Labute approximate surface area is 130 Å². The minimum atomic E-state index is -0.111. The van der Waals surface area contributed by atoms with E-state index in [0.29, 0.717) is 12.1 Å². The zero-order valence-electron chi connectivity index (χ0n) is 11.1. The molecule has 106 valence electrons. The van der Waals surface area contributed by atoms with Crippen LogP contribution in [0.5, 0.6) is 0 Å². The summed E-state index contributed by atoms with van der Waals surface area (Å²) in [5, 5.41) is 8.05. The van der Waals surface area contributed by atoms with Crippen LogP contribution in [0.3, 0.4) is 0 Å². The van der Waals surface area contributed by atoms with Gasteiger partial charge in [0.1, 0.15) is 5.82 Å². The molecule has 0 atom stereocenters. The van der Waals surface area contributed by atoms with Crippen molar-refractivity contribution in [3.8, 4) is 0 Å².